The third-order valence-electron chi connectivity index (χ3n) is 5.51. The molecule has 1 fully saturated rings. The lowest BCUT2D eigenvalue weighted by molar-refractivity contribution is 0.197. The zero-order chi connectivity index (χ0) is 22.5. The number of aryl methyl sites for hydroxylation is 1. The number of ether oxygens (including phenoxy) is 1. The molecule has 0 spiro atoms. The lowest BCUT2D eigenvalue weighted by atomic mass is 10.1. The van der Waals surface area contributed by atoms with E-state index in [4.69, 9.17) is 4.74 Å². The van der Waals surface area contributed by atoms with Crippen LogP contribution in [0.1, 0.15) is 18.9 Å². The van der Waals surface area contributed by atoms with Crippen molar-refractivity contribution in [3.8, 4) is 5.75 Å². The average molecular weight is 467 g/mol. The Balaban J connectivity index is 1.56. The summed E-state index contributed by atoms with van der Waals surface area (Å²) in [6, 6.07) is 13.5. The molecule has 0 N–H and O–H groups in total. The number of nitrogens with zero attached hydrogens (tertiary/aromatic N) is 2. The largest absolute Gasteiger partial charge is 0.497 e. The number of rotatable bonds is 9. The second-order valence-electron chi connectivity index (χ2n) is 7.64. The maximum Gasteiger partial charge on any atom is 0.243 e. The first-order chi connectivity index (χ1) is 14.8. The van der Waals surface area contributed by atoms with Crippen molar-refractivity contribution >= 4 is 19.9 Å². The van der Waals surface area contributed by atoms with E-state index in [1.54, 1.807) is 30.3 Å². The van der Waals surface area contributed by atoms with E-state index in [2.05, 4.69) is 6.92 Å². The second kappa shape index (κ2) is 10.1. The van der Waals surface area contributed by atoms with Gasteiger partial charge < -0.3 is 4.74 Å². The van der Waals surface area contributed by atoms with E-state index in [1.807, 2.05) is 17.0 Å². The van der Waals surface area contributed by atoms with Crippen LogP contribution in [0.2, 0.25) is 0 Å². The van der Waals surface area contributed by atoms with Crippen molar-refractivity contribution in [2.75, 3.05) is 45.6 Å². The van der Waals surface area contributed by atoms with Crippen molar-refractivity contribution in [3.63, 3.8) is 0 Å². The number of hydrogen-bond acceptors (Lipinski definition) is 6. The lowest BCUT2D eigenvalue weighted by Gasteiger charge is -2.33. The van der Waals surface area contributed by atoms with E-state index in [9.17, 15) is 16.8 Å². The summed E-state index contributed by atoms with van der Waals surface area (Å²) >= 11 is 0. The molecule has 1 aliphatic rings. The molecule has 2 aromatic carbocycles. The molecular weight excluding hydrogens is 436 g/mol. The minimum atomic E-state index is -3.54. The Kier molecular flexibility index (Phi) is 7.74. The molecule has 3 rings (SSSR count). The molecule has 0 aliphatic carbocycles. The standard InChI is InChI=1S/C22H30N2O5S2/c1-3-5-19-8-10-21(11-9-19)31(27,28)24-14-12-23(13-15-24)16-17-30(25,26)22-7-4-6-20(18-22)29-2/h4,6-11,18H,3,5,12-17H2,1-2H3. The number of methoxy groups -OCH3 is 1. The molecule has 0 atom stereocenters. The lowest BCUT2D eigenvalue weighted by Crippen LogP contribution is -2.49. The zero-order valence-corrected chi connectivity index (χ0v) is 19.7. The number of hydrogen-bond donors (Lipinski definition) is 0. The van der Waals surface area contributed by atoms with E-state index < -0.39 is 19.9 Å². The first-order valence-electron chi connectivity index (χ1n) is 10.4. The molecule has 7 nitrogen and oxygen atoms in total. The number of sulfonamides is 1. The highest BCUT2D eigenvalue weighted by molar-refractivity contribution is 7.91. The van der Waals surface area contributed by atoms with E-state index in [0.717, 1.165) is 18.4 Å². The van der Waals surface area contributed by atoms with Gasteiger partial charge in [-0.25, -0.2) is 16.8 Å². The molecule has 1 saturated heterocycles. The molecule has 31 heavy (non-hydrogen) atoms. The van der Waals surface area contributed by atoms with Crippen LogP contribution in [0.25, 0.3) is 0 Å². The molecule has 9 heteroatoms. The maximum absolute atomic E-state index is 12.9. The van der Waals surface area contributed by atoms with Gasteiger partial charge in [0.05, 0.1) is 22.7 Å². The van der Waals surface area contributed by atoms with Gasteiger partial charge in [-0.2, -0.15) is 4.31 Å². The highest BCUT2D eigenvalue weighted by Crippen LogP contribution is 2.20. The molecule has 0 bridgehead atoms. The predicted molar refractivity (Wildman–Crippen MR) is 121 cm³/mol. The molecule has 0 radical (unpaired) electrons. The topological polar surface area (TPSA) is 84.0 Å². The molecule has 1 heterocycles. The first-order valence-corrected chi connectivity index (χ1v) is 13.5. The Morgan fingerprint density at radius 2 is 1.58 bits per heavy atom. The third-order valence-corrected chi connectivity index (χ3v) is 9.11. The number of piperazine rings is 1. The van der Waals surface area contributed by atoms with Crippen molar-refractivity contribution in [2.45, 2.75) is 29.6 Å². The third kappa shape index (κ3) is 5.85. The van der Waals surface area contributed by atoms with Gasteiger partial charge in [-0.3, -0.25) is 4.90 Å². The summed E-state index contributed by atoms with van der Waals surface area (Å²) in [6.45, 7) is 4.14. The highest BCUT2D eigenvalue weighted by Gasteiger charge is 2.29. The first kappa shape index (κ1) is 23.7. The van der Waals surface area contributed by atoms with Crippen LogP contribution in [0.5, 0.6) is 5.75 Å². The van der Waals surface area contributed by atoms with E-state index >= 15 is 0 Å². The Morgan fingerprint density at radius 3 is 2.19 bits per heavy atom. The summed E-state index contributed by atoms with van der Waals surface area (Å²) < 4.78 is 57.7. The van der Waals surface area contributed by atoms with Crippen molar-refractivity contribution < 1.29 is 21.6 Å². The number of benzene rings is 2. The fourth-order valence-corrected chi connectivity index (χ4v) is 6.36. The zero-order valence-electron chi connectivity index (χ0n) is 18.0. The van der Waals surface area contributed by atoms with Crippen LogP contribution in [0.3, 0.4) is 0 Å². The van der Waals surface area contributed by atoms with Gasteiger partial charge in [0.25, 0.3) is 0 Å². The molecule has 0 aromatic heterocycles. The summed E-state index contributed by atoms with van der Waals surface area (Å²) in [7, 11) is -5.48. The van der Waals surface area contributed by atoms with Gasteiger partial charge in [-0.05, 0) is 42.3 Å². The van der Waals surface area contributed by atoms with Crippen LogP contribution >= 0.6 is 0 Å². The maximum atomic E-state index is 12.9. The Labute approximate surface area is 185 Å². The van der Waals surface area contributed by atoms with Gasteiger partial charge in [0.2, 0.25) is 10.0 Å². The second-order valence-corrected chi connectivity index (χ2v) is 11.7. The summed E-state index contributed by atoms with van der Waals surface area (Å²) in [5, 5.41) is 0. The van der Waals surface area contributed by atoms with E-state index in [0.29, 0.717) is 43.4 Å². The molecular formula is C22H30N2O5S2. The summed E-state index contributed by atoms with van der Waals surface area (Å²) in [5.41, 5.74) is 1.13. The monoisotopic (exact) mass is 466 g/mol. The normalized spacial score (nSPS) is 16.3. The van der Waals surface area contributed by atoms with Crippen LogP contribution < -0.4 is 4.74 Å². The van der Waals surface area contributed by atoms with E-state index in [1.165, 1.54) is 17.5 Å². The fraction of sp³-hybridized carbons (Fsp3) is 0.455. The van der Waals surface area contributed by atoms with Crippen LogP contribution in [0.4, 0.5) is 0 Å². The van der Waals surface area contributed by atoms with Gasteiger partial charge in [0, 0.05) is 32.7 Å². The van der Waals surface area contributed by atoms with Crippen LogP contribution in [-0.2, 0) is 26.3 Å². The summed E-state index contributed by atoms with van der Waals surface area (Å²) in [5.74, 6) is 0.480. The van der Waals surface area contributed by atoms with Crippen molar-refractivity contribution in [1.82, 2.24) is 9.21 Å². The fourth-order valence-electron chi connectivity index (χ4n) is 3.62. The average Bonchev–Trinajstić information content (AvgIpc) is 2.79. The smallest absolute Gasteiger partial charge is 0.243 e. The van der Waals surface area contributed by atoms with Crippen molar-refractivity contribution in [1.29, 1.82) is 0 Å². The number of sulfone groups is 1. The van der Waals surface area contributed by atoms with Gasteiger partial charge >= 0.3 is 0 Å². The quantitative estimate of drug-likeness (QED) is 0.564. The Bertz CT molecular complexity index is 1080. The molecule has 170 valence electrons. The van der Waals surface area contributed by atoms with Crippen LogP contribution in [0, 0.1) is 0 Å². The van der Waals surface area contributed by atoms with Crippen LogP contribution in [-0.4, -0.2) is 71.6 Å². The summed E-state index contributed by atoms with van der Waals surface area (Å²) in [4.78, 5) is 2.54. The minimum Gasteiger partial charge on any atom is -0.497 e. The van der Waals surface area contributed by atoms with E-state index in [-0.39, 0.29) is 10.6 Å². The summed E-state index contributed by atoms with van der Waals surface area (Å²) in [6.07, 6.45) is 1.94. The minimum absolute atomic E-state index is 0.0220. The van der Waals surface area contributed by atoms with Crippen LogP contribution in [0.15, 0.2) is 58.3 Å². The molecule has 1 aliphatic heterocycles. The highest BCUT2D eigenvalue weighted by atomic mass is 32.2. The molecule has 0 amide bonds. The van der Waals surface area contributed by atoms with Gasteiger partial charge in [0.15, 0.2) is 9.84 Å². The predicted octanol–water partition coefficient (Wildman–Crippen LogP) is 2.43. The molecule has 0 saturated carbocycles. The van der Waals surface area contributed by atoms with Crippen molar-refractivity contribution in [2.24, 2.45) is 0 Å². The van der Waals surface area contributed by atoms with Gasteiger partial charge in [-0.1, -0.05) is 31.5 Å². The van der Waals surface area contributed by atoms with Gasteiger partial charge in [0.1, 0.15) is 5.75 Å². The Morgan fingerprint density at radius 1 is 0.903 bits per heavy atom. The molecule has 0 unspecified atom stereocenters. The van der Waals surface area contributed by atoms with Gasteiger partial charge in [-0.15, -0.1) is 0 Å². The SMILES string of the molecule is CCCc1ccc(S(=O)(=O)N2CCN(CCS(=O)(=O)c3cccc(OC)c3)CC2)cc1. The Hall–Kier alpha value is -1.94. The van der Waals surface area contributed by atoms with Crippen molar-refractivity contribution in [3.05, 3.63) is 54.1 Å². The molecule has 2 aromatic rings.